The van der Waals surface area contributed by atoms with Crippen molar-refractivity contribution in [3.8, 4) is 0 Å². The molecule has 0 unspecified atom stereocenters. The Morgan fingerprint density at radius 3 is 2.57 bits per heavy atom. The molecule has 0 spiro atoms. The molecule has 0 atom stereocenters. The van der Waals surface area contributed by atoms with E-state index in [1.165, 1.54) is 4.31 Å². The molecule has 0 N–H and O–H groups in total. The van der Waals surface area contributed by atoms with Crippen LogP contribution in [-0.4, -0.2) is 15.0 Å². The number of hydrogen-bond donors (Lipinski definition) is 0. The first kappa shape index (κ1) is 14.4. The van der Waals surface area contributed by atoms with Crippen molar-refractivity contribution in [2.45, 2.75) is 25.2 Å². The van der Waals surface area contributed by atoms with E-state index in [1.54, 1.807) is 19.1 Å². The predicted molar refractivity (Wildman–Crippen MR) is 85.6 cm³/mol. The molecule has 0 radical (unpaired) electrons. The summed E-state index contributed by atoms with van der Waals surface area (Å²) in [6, 6.07) is 11.0. The Morgan fingerprint density at radius 2 is 1.81 bits per heavy atom. The Hall–Kier alpha value is -1.52. The summed E-state index contributed by atoms with van der Waals surface area (Å²) >= 11 is 6.07. The fraction of sp³-hybridized carbons (Fsp3) is 0.250. The van der Waals surface area contributed by atoms with Crippen LogP contribution in [0, 0.1) is 13.8 Å². The van der Waals surface area contributed by atoms with Gasteiger partial charge in [0.25, 0.3) is 10.0 Å². The van der Waals surface area contributed by atoms with Crippen LogP contribution in [0.5, 0.6) is 0 Å². The number of anilines is 1. The summed E-state index contributed by atoms with van der Waals surface area (Å²) in [5, 5.41) is 0.591. The molecule has 1 heterocycles. The van der Waals surface area contributed by atoms with Crippen molar-refractivity contribution in [3.05, 3.63) is 58.1 Å². The SMILES string of the molecule is Cc1cc(S(=O)(=O)N2CCc3ccccc32)c(C)cc1Cl. The van der Waals surface area contributed by atoms with Crippen molar-refractivity contribution in [3.63, 3.8) is 0 Å². The summed E-state index contributed by atoms with van der Waals surface area (Å²) in [5.74, 6) is 0. The molecule has 21 heavy (non-hydrogen) atoms. The Balaban J connectivity index is 2.13. The number of benzene rings is 2. The van der Waals surface area contributed by atoms with E-state index in [0.29, 0.717) is 22.0 Å². The smallest absolute Gasteiger partial charge is 0.264 e. The first-order chi connectivity index (χ1) is 9.91. The average molecular weight is 322 g/mol. The average Bonchev–Trinajstić information content (AvgIpc) is 2.87. The number of halogens is 1. The zero-order chi connectivity index (χ0) is 15.2. The van der Waals surface area contributed by atoms with Gasteiger partial charge in [-0.25, -0.2) is 8.42 Å². The number of hydrogen-bond acceptors (Lipinski definition) is 2. The lowest BCUT2D eigenvalue weighted by atomic mass is 10.2. The second-order valence-electron chi connectivity index (χ2n) is 5.32. The maximum atomic E-state index is 13.0. The topological polar surface area (TPSA) is 37.4 Å². The molecule has 110 valence electrons. The highest BCUT2D eigenvalue weighted by Gasteiger charge is 2.31. The van der Waals surface area contributed by atoms with Gasteiger partial charge in [0.2, 0.25) is 0 Å². The normalized spacial score (nSPS) is 14.3. The highest BCUT2D eigenvalue weighted by Crippen LogP contribution is 2.34. The minimum absolute atomic E-state index is 0.334. The quantitative estimate of drug-likeness (QED) is 0.845. The van der Waals surface area contributed by atoms with E-state index >= 15 is 0 Å². The molecule has 0 amide bonds. The van der Waals surface area contributed by atoms with Crippen LogP contribution in [0.3, 0.4) is 0 Å². The third-order valence-corrected chi connectivity index (χ3v) is 6.23. The van der Waals surface area contributed by atoms with Crippen LogP contribution in [0.2, 0.25) is 5.02 Å². The van der Waals surface area contributed by atoms with Crippen LogP contribution < -0.4 is 4.31 Å². The molecule has 0 aliphatic carbocycles. The van der Waals surface area contributed by atoms with Crippen LogP contribution in [0.1, 0.15) is 16.7 Å². The molecule has 0 saturated heterocycles. The minimum atomic E-state index is -3.55. The lowest BCUT2D eigenvalue weighted by molar-refractivity contribution is 0.591. The number of fused-ring (bicyclic) bond motifs is 1. The number of nitrogens with zero attached hydrogens (tertiary/aromatic N) is 1. The molecule has 2 aromatic carbocycles. The summed E-state index contributed by atoms with van der Waals surface area (Å²) in [6.07, 6.45) is 0.751. The van der Waals surface area contributed by atoms with E-state index in [2.05, 4.69) is 0 Å². The highest BCUT2D eigenvalue weighted by atomic mass is 35.5. The zero-order valence-corrected chi connectivity index (χ0v) is 13.5. The number of aryl methyl sites for hydroxylation is 2. The van der Waals surface area contributed by atoms with Gasteiger partial charge in [-0.1, -0.05) is 29.8 Å². The summed E-state index contributed by atoms with van der Waals surface area (Å²) < 4.78 is 27.4. The second kappa shape index (κ2) is 5.04. The zero-order valence-electron chi connectivity index (χ0n) is 11.9. The Bertz CT molecular complexity index is 815. The lowest BCUT2D eigenvalue weighted by Gasteiger charge is -2.21. The van der Waals surface area contributed by atoms with Crippen LogP contribution in [-0.2, 0) is 16.4 Å². The number of rotatable bonds is 2. The van der Waals surface area contributed by atoms with Crippen LogP contribution in [0.15, 0.2) is 41.3 Å². The van der Waals surface area contributed by atoms with Crippen LogP contribution in [0.25, 0.3) is 0 Å². The maximum Gasteiger partial charge on any atom is 0.264 e. The van der Waals surface area contributed by atoms with Gasteiger partial charge in [0.05, 0.1) is 10.6 Å². The fourth-order valence-corrected chi connectivity index (χ4v) is 4.72. The first-order valence-corrected chi connectivity index (χ1v) is 8.60. The van der Waals surface area contributed by atoms with Gasteiger partial charge in [-0.2, -0.15) is 0 Å². The van der Waals surface area contributed by atoms with Crippen molar-refractivity contribution >= 4 is 27.3 Å². The van der Waals surface area contributed by atoms with Gasteiger partial charge in [-0.3, -0.25) is 4.31 Å². The van der Waals surface area contributed by atoms with Gasteiger partial charge in [-0.05, 0) is 55.2 Å². The molecule has 5 heteroatoms. The van der Waals surface area contributed by atoms with Gasteiger partial charge in [0.1, 0.15) is 0 Å². The summed E-state index contributed by atoms with van der Waals surface area (Å²) in [4.78, 5) is 0.334. The molecule has 0 saturated carbocycles. The minimum Gasteiger partial charge on any atom is -0.266 e. The molecule has 3 rings (SSSR count). The Kier molecular flexibility index (Phi) is 3.46. The van der Waals surface area contributed by atoms with Gasteiger partial charge in [0.15, 0.2) is 0 Å². The predicted octanol–water partition coefficient (Wildman–Crippen LogP) is 3.71. The van der Waals surface area contributed by atoms with Gasteiger partial charge >= 0.3 is 0 Å². The van der Waals surface area contributed by atoms with Gasteiger partial charge in [-0.15, -0.1) is 0 Å². The first-order valence-electron chi connectivity index (χ1n) is 6.78. The van der Waals surface area contributed by atoms with Crippen molar-refractivity contribution in [1.29, 1.82) is 0 Å². The molecule has 0 fully saturated rings. The van der Waals surface area contributed by atoms with Crippen molar-refractivity contribution in [2.75, 3.05) is 10.8 Å². The van der Waals surface area contributed by atoms with E-state index in [1.807, 2.05) is 31.2 Å². The van der Waals surface area contributed by atoms with Crippen molar-refractivity contribution < 1.29 is 8.42 Å². The number of sulfonamides is 1. The standard InChI is InChI=1S/C16H16ClNO2S/c1-11-10-16(12(2)9-14(11)17)21(19,20)18-8-7-13-5-3-4-6-15(13)18/h3-6,9-10H,7-8H2,1-2H3. The van der Waals surface area contributed by atoms with E-state index in [4.69, 9.17) is 11.6 Å². The Labute approximate surface area is 130 Å². The third kappa shape index (κ3) is 2.32. The van der Waals surface area contributed by atoms with E-state index in [9.17, 15) is 8.42 Å². The van der Waals surface area contributed by atoms with E-state index in [-0.39, 0.29) is 0 Å². The second-order valence-corrected chi connectivity index (χ2v) is 7.56. The van der Waals surface area contributed by atoms with Crippen LogP contribution in [0.4, 0.5) is 5.69 Å². The number of para-hydroxylation sites is 1. The lowest BCUT2D eigenvalue weighted by Crippen LogP contribution is -2.29. The fourth-order valence-electron chi connectivity index (χ4n) is 2.71. The molecular weight excluding hydrogens is 306 g/mol. The van der Waals surface area contributed by atoms with E-state index in [0.717, 1.165) is 23.2 Å². The monoisotopic (exact) mass is 321 g/mol. The third-order valence-electron chi connectivity index (χ3n) is 3.87. The van der Waals surface area contributed by atoms with E-state index < -0.39 is 10.0 Å². The molecular formula is C16H16ClNO2S. The summed E-state index contributed by atoms with van der Waals surface area (Å²) in [6.45, 7) is 4.09. The van der Waals surface area contributed by atoms with Crippen molar-refractivity contribution in [1.82, 2.24) is 0 Å². The summed E-state index contributed by atoms with van der Waals surface area (Å²) in [7, 11) is -3.55. The molecule has 1 aliphatic heterocycles. The molecule has 3 nitrogen and oxygen atoms in total. The van der Waals surface area contributed by atoms with Crippen molar-refractivity contribution in [2.24, 2.45) is 0 Å². The molecule has 1 aliphatic rings. The maximum absolute atomic E-state index is 13.0. The molecule has 0 aromatic heterocycles. The largest absolute Gasteiger partial charge is 0.266 e. The highest BCUT2D eigenvalue weighted by molar-refractivity contribution is 7.93. The molecule has 2 aromatic rings. The van der Waals surface area contributed by atoms with Crippen LogP contribution >= 0.6 is 11.6 Å². The van der Waals surface area contributed by atoms with Gasteiger partial charge in [0, 0.05) is 11.6 Å². The molecule has 0 bridgehead atoms. The Morgan fingerprint density at radius 1 is 1.10 bits per heavy atom. The summed E-state index contributed by atoms with van der Waals surface area (Å²) in [5.41, 5.74) is 3.30. The van der Waals surface area contributed by atoms with Gasteiger partial charge < -0.3 is 0 Å².